The fourth-order valence-corrected chi connectivity index (χ4v) is 2.34. The Kier molecular flexibility index (Phi) is 5.25. The maximum atomic E-state index is 11.7. The van der Waals surface area contributed by atoms with Crippen LogP contribution >= 0.6 is 0 Å². The van der Waals surface area contributed by atoms with Crippen LogP contribution in [0.15, 0.2) is 0 Å². The molecular formula is C10H20N2O2S. The van der Waals surface area contributed by atoms with Crippen molar-refractivity contribution in [2.75, 3.05) is 31.1 Å². The van der Waals surface area contributed by atoms with E-state index < -0.39 is 10.8 Å². The lowest BCUT2D eigenvalue weighted by molar-refractivity contribution is -0.125. The van der Waals surface area contributed by atoms with Gasteiger partial charge in [-0.3, -0.25) is 9.00 Å². The Hall–Kier alpha value is -0.420. The van der Waals surface area contributed by atoms with Gasteiger partial charge in [-0.25, -0.2) is 0 Å². The second-order valence-corrected chi connectivity index (χ2v) is 5.83. The van der Waals surface area contributed by atoms with Gasteiger partial charge >= 0.3 is 0 Å². The molecule has 15 heavy (non-hydrogen) atoms. The Balaban J connectivity index is 2.21. The first-order valence-corrected chi connectivity index (χ1v) is 6.97. The van der Waals surface area contributed by atoms with Crippen LogP contribution in [0.2, 0.25) is 0 Å². The van der Waals surface area contributed by atoms with Gasteiger partial charge < -0.3 is 10.6 Å². The predicted molar refractivity (Wildman–Crippen MR) is 62.1 cm³/mol. The molecule has 0 aliphatic carbocycles. The molecule has 1 heterocycles. The van der Waals surface area contributed by atoms with Gasteiger partial charge in [-0.1, -0.05) is 13.8 Å². The molecule has 0 aromatic carbocycles. The third kappa shape index (κ3) is 3.91. The molecule has 3 unspecified atom stereocenters. The average Bonchev–Trinajstić information content (AvgIpc) is 2.64. The van der Waals surface area contributed by atoms with Gasteiger partial charge in [0.2, 0.25) is 5.91 Å². The molecule has 1 aliphatic heterocycles. The number of nitrogens with one attached hydrogen (secondary N) is 2. The molecule has 5 heteroatoms. The summed E-state index contributed by atoms with van der Waals surface area (Å²) in [6.07, 6.45) is 0. The lowest BCUT2D eigenvalue weighted by Crippen LogP contribution is -2.36. The highest BCUT2D eigenvalue weighted by molar-refractivity contribution is 7.84. The lowest BCUT2D eigenvalue weighted by Gasteiger charge is -2.13. The molecule has 2 N–H and O–H groups in total. The number of carbonyl (C=O) groups excluding carboxylic acids is 1. The summed E-state index contributed by atoms with van der Waals surface area (Å²) in [6.45, 7) is 6.18. The fourth-order valence-electron chi connectivity index (χ4n) is 1.72. The Morgan fingerprint density at radius 1 is 1.53 bits per heavy atom. The lowest BCUT2D eigenvalue weighted by atomic mass is 9.97. The monoisotopic (exact) mass is 232 g/mol. The SMILES string of the molecule is CCS(=O)CCNC(=O)C1CNCC1C. The van der Waals surface area contributed by atoms with Crippen LogP contribution < -0.4 is 10.6 Å². The minimum atomic E-state index is -0.784. The molecule has 1 rings (SSSR count). The molecule has 88 valence electrons. The zero-order valence-corrected chi connectivity index (χ0v) is 10.2. The van der Waals surface area contributed by atoms with E-state index in [1.165, 1.54) is 0 Å². The first-order valence-electron chi connectivity index (χ1n) is 5.48. The zero-order chi connectivity index (χ0) is 11.3. The first-order chi connectivity index (χ1) is 7.15. The van der Waals surface area contributed by atoms with Crippen LogP contribution in [0.25, 0.3) is 0 Å². The highest BCUT2D eigenvalue weighted by atomic mass is 32.2. The van der Waals surface area contributed by atoms with E-state index in [1.807, 2.05) is 6.92 Å². The molecule has 0 aromatic rings. The molecule has 0 saturated carbocycles. The van der Waals surface area contributed by atoms with Gasteiger partial charge in [-0.2, -0.15) is 0 Å². The van der Waals surface area contributed by atoms with Crippen molar-refractivity contribution in [3.05, 3.63) is 0 Å². The molecule has 4 nitrogen and oxygen atoms in total. The third-order valence-corrected chi connectivity index (χ3v) is 4.11. The summed E-state index contributed by atoms with van der Waals surface area (Å²) in [7, 11) is -0.784. The van der Waals surface area contributed by atoms with Gasteiger partial charge in [0, 0.05) is 35.4 Å². The molecular weight excluding hydrogens is 212 g/mol. The van der Waals surface area contributed by atoms with E-state index in [9.17, 15) is 9.00 Å². The molecule has 0 aromatic heterocycles. The highest BCUT2D eigenvalue weighted by Gasteiger charge is 2.28. The minimum absolute atomic E-state index is 0.0834. The van der Waals surface area contributed by atoms with Gasteiger partial charge in [0.05, 0.1) is 5.92 Å². The van der Waals surface area contributed by atoms with Crippen LogP contribution in [0.4, 0.5) is 0 Å². The largest absolute Gasteiger partial charge is 0.355 e. The average molecular weight is 232 g/mol. The van der Waals surface area contributed by atoms with Gasteiger partial charge in [0.1, 0.15) is 0 Å². The quantitative estimate of drug-likeness (QED) is 0.686. The molecule has 1 fully saturated rings. The third-order valence-electron chi connectivity index (χ3n) is 2.81. The van der Waals surface area contributed by atoms with Crippen LogP contribution in [-0.4, -0.2) is 41.3 Å². The molecule has 0 radical (unpaired) electrons. The Morgan fingerprint density at radius 2 is 2.27 bits per heavy atom. The standard InChI is InChI=1S/C10H20N2O2S/c1-3-15(14)5-4-12-10(13)9-7-11-6-8(9)2/h8-9,11H,3-7H2,1-2H3,(H,12,13). The zero-order valence-electron chi connectivity index (χ0n) is 9.41. The Morgan fingerprint density at radius 3 is 2.80 bits per heavy atom. The summed E-state index contributed by atoms with van der Waals surface area (Å²) in [5.74, 6) is 1.82. The smallest absolute Gasteiger partial charge is 0.224 e. The van der Waals surface area contributed by atoms with Crippen molar-refractivity contribution in [1.29, 1.82) is 0 Å². The van der Waals surface area contributed by atoms with Crippen LogP contribution in [0.5, 0.6) is 0 Å². The molecule has 0 bridgehead atoms. The van der Waals surface area contributed by atoms with E-state index >= 15 is 0 Å². The van der Waals surface area contributed by atoms with Crippen molar-refractivity contribution in [3.8, 4) is 0 Å². The van der Waals surface area contributed by atoms with E-state index in [4.69, 9.17) is 0 Å². The van der Waals surface area contributed by atoms with E-state index in [1.54, 1.807) is 0 Å². The molecule has 1 aliphatic rings. The maximum absolute atomic E-state index is 11.7. The van der Waals surface area contributed by atoms with Crippen molar-refractivity contribution in [3.63, 3.8) is 0 Å². The van der Waals surface area contributed by atoms with Gasteiger partial charge in [0.15, 0.2) is 0 Å². The number of amides is 1. The number of hydrogen-bond donors (Lipinski definition) is 2. The Labute approximate surface area is 93.7 Å². The van der Waals surface area contributed by atoms with E-state index in [-0.39, 0.29) is 11.8 Å². The highest BCUT2D eigenvalue weighted by Crippen LogP contribution is 2.15. The van der Waals surface area contributed by atoms with Crippen molar-refractivity contribution in [2.24, 2.45) is 11.8 Å². The van der Waals surface area contributed by atoms with E-state index in [0.717, 1.165) is 13.1 Å². The molecule has 1 amide bonds. The van der Waals surface area contributed by atoms with Gasteiger partial charge in [-0.05, 0) is 12.5 Å². The number of carbonyl (C=O) groups is 1. The fraction of sp³-hybridized carbons (Fsp3) is 0.900. The predicted octanol–water partition coefficient (Wildman–Crippen LogP) is -0.273. The summed E-state index contributed by atoms with van der Waals surface area (Å²) in [6, 6.07) is 0. The number of rotatable bonds is 5. The number of hydrogen-bond acceptors (Lipinski definition) is 3. The Bertz CT molecular complexity index is 246. The molecule has 0 spiro atoms. The van der Waals surface area contributed by atoms with E-state index in [0.29, 0.717) is 24.0 Å². The van der Waals surface area contributed by atoms with E-state index in [2.05, 4.69) is 17.6 Å². The molecule has 3 atom stereocenters. The molecule has 1 saturated heterocycles. The van der Waals surface area contributed by atoms with Crippen LogP contribution in [0.3, 0.4) is 0 Å². The second-order valence-electron chi connectivity index (χ2n) is 3.97. The van der Waals surface area contributed by atoms with Crippen molar-refractivity contribution in [2.45, 2.75) is 13.8 Å². The van der Waals surface area contributed by atoms with Crippen LogP contribution in [-0.2, 0) is 15.6 Å². The first kappa shape index (κ1) is 12.6. The van der Waals surface area contributed by atoms with Crippen molar-refractivity contribution >= 4 is 16.7 Å². The van der Waals surface area contributed by atoms with Crippen molar-refractivity contribution in [1.82, 2.24) is 10.6 Å². The minimum Gasteiger partial charge on any atom is -0.355 e. The summed E-state index contributed by atoms with van der Waals surface area (Å²) in [4.78, 5) is 11.7. The summed E-state index contributed by atoms with van der Waals surface area (Å²) < 4.78 is 11.1. The van der Waals surface area contributed by atoms with Crippen molar-refractivity contribution < 1.29 is 9.00 Å². The summed E-state index contributed by atoms with van der Waals surface area (Å²) in [5, 5.41) is 6.04. The normalized spacial score (nSPS) is 27.6. The summed E-state index contributed by atoms with van der Waals surface area (Å²) in [5.41, 5.74) is 0. The van der Waals surface area contributed by atoms with Crippen LogP contribution in [0, 0.1) is 11.8 Å². The van der Waals surface area contributed by atoms with Gasteiger partial charge in [-0.15, -0.1) is 0 Å². The van der Waals surface area contributed by atoms with Crippen LogP contribution in [0.1, 0.15) is 13.8 Å². The maximum Gasteiger partial charge on any atom is 0.224 e. The van der Waals surface area contributed by atoms with Gasteiger partial charge in [0.25, 0.3) is 0 Å². The second kappa shape index (κ2) is 6.23. The summed E-state index contributed by atoms with van der Waals surface area (Å²) >= 11 is 0. The topological polar surface area (TPSA) is 58.2 Å².